The van der Waals surface area contributed by atoms with Gasteiger partial charge in [-0.2, -0.15) is 0 Å². The van der Waals surface area contributed by atoms with Crippen LogP contribution in [-0.4, -0.2) is 17.6 Å². The number of para-hydroxylation sites is 2. The quantitative estimate of drug-likeness (QED) is 0.686. The van der Waals surface area contributed by atoms with Gasteiger partial charge in [-0.15, -0.1) is 0 Å². The van der Waals surface area contributed by atoms with Crippen molar-refractivity contribution < 1.29 is 13.9 Å². The molecule has 1 aromatic heterocycles. The van der Waals surface area contributed by atoms with Crippen molar-refractivity contribution in [2.24, 2.45) is 0 Å². The molecule has 3 aromatic rings. The molecular formula is C17H15NO3. The van der Waals surface area contributed by atoms with Gasteiger partial charge >= 0.3 is 5.97 Å². The maximum atomic E-state index is 11.5. The van der Waals surface area contributed by atoms with Crippen molar-refractivity contribution in [2.45, 2.75) is 13.3 Å². The van der Waals surface area contributed by atoms with Gasteiger partial charge in [0.15, 0.2) is 5.58 Å². The molecule has 4 nitrogen and oxygen atoms in total. The van der Waals surface area contributed by atoms with Crippen LogP contribution in [0, 0.1) is 0 Å². The average molecular weight is 281 g/mol. The molecule has 3 rings (SSSR count). The molecule has 0 atom stereocenters. The molecule has 0 fully saturated rings. The highest BCUT2D eigenvalue weighted by molar-refractivity contribution is 5.77. The van der Waals surface area contributed by atoms with E-state index >= 15 is 0 Å². The van der Waals surface area contributed by atoms with Crippen molar-refractivity contribution in [3.8, 4) is 11.5 Å². The van der Waals surface area contributed by atoms with Crippen molar-refractivity contribution in [1.29, 1.82) is 0 Å². The largest absolute Gasteiger partial charge is 0.466 e. The van der Waals surface area contributed by atoms with Gasteiger partial charge in [0.1, 0.15) is 5.52 Å². The molecule has 106 valence electrons. The predicted octanol–water partition coefficient (Wildman–Crippen LogP) is 3.60. The Morgan fingerprint density at radius 1 is 1.19 bits per heavy atom. The molecular weight excluding hydrogens is 266 g/mol. The minimum absolute atomic E-state index is 0.229. The highest BCUT2D eigenvalue weighted by atomic mass is 16.5. The zero-order chi connectivity index (χ0) is 14.7. The first-order valence-electron chi connectivity index (χ1n) is 6.87. The lowest BCUT2D eigenvalue weighted by atomic mass is 10.1. The minimum Gasteiger partial charge on any atom is -0.466 e. The number of fused-ring (bicyclic) bond motifs is 1. The second-order valence-electron chi connectivity index (χ2n) is 4.67. The van der Waals surface area contributed by atoms with Gasteiger partial charge in [0.05, 0.1) is 13.0 Å². The van der Waals surface area contributed by atoms with E-state index in [2.05, 4.69) is 4.98 Å². The molecule has 0 bridgehead atoms. The zero-order valence-corrected chi connectivity index (χ0v) is 11.7. The monoisotopic (exact) mass is 281 g/mol. The van der Waals surface area contributed by atoms with Crippen LogP contribution in [0.4, 0.5) is 0 Å². The van der Waals surface area contributed by atoms with Crippen molar-refractivity contribution in [2.75, 3.05) is 6.61 Å². The van der Waals surface area contributed by atoms with E-state index in [0.29, 0.717) is 12.5 Å². The molecule has 0 saturated carbocycles. The molecule has 0 saturated heterocycles. The standard InChI is InChI=1S/C17H15NO3/c1-2-20-16(19)11-12-6-5-7-13(10-12)17-18-14-8-3-4-9-15(14)21-17/h3-10H,2,11H2,1H3. The second kappa shape index (κ2) is 5.79. The molecule has 0 aliphatic rings. The number of rotatable bonds is 4. The first kappa shape index (κ1) is 13.4. The van der Waals surface area contributed by atoms with Gasteiger partial charge in [0.25, 0.3) is 0 Å². The van der Waals surface area contributed by atoms with Crippen LogP contribution in [0.5, 0.6) is 0 Å². The first-order chi connectivity index (χ1) is 10.3. The van der Waals surface area contributed by atoms with Gasteiger partial charge < -0.3 is 9.15 Å². The summed E-state index contributed by atoms with van der Waals surface area (Å²) in [5.41, 5.74) is 3.31. The summed E-state index contributed by atoms with van der Waals surface area (Å²) in [6.07, 6.45) is 0.252. The van der Waals surface area contributed by atoms with E-state index in [1.54, 1.807) is 6.92 Å². The third kappa shape index (κ3) is 2.94. The van der Waals surface area contributed by atoms with E-state index in [9.17, 15) is 4.79 Å². The lowest BCUT2D eigenvalue weighted by Gasteiger charge is -2.03. The highest BCUT2D eigenvalue weighted by Gasteiger charge is 2.10. The molecule has 21 heavy (non-hydrogen) atoms. The molecule has 1 heterocycles. The summed E-state index contributed by atoms with van der Waals surface area (Å²) in [6.45, 7) is 2.19. The molecule has 2 aromatic carbocycles. The van der Waals surface area contributed by atoms with Crippen LogP contribution in [-0.2, 0) is 16.0 Å². The fourth-order valence-electron chi connectivity index (χ4n) is 2.19. The fourth-order valence-corrected chi connectivity index (χ4v) is 2.19. The third-order valence-electron chi connectivity index (χ3n) is 3.12. The van der Waals surface area contributed by atoms with Crippen LogP contribution in [0.25, 0.3) is 22.6 Å². The van der Waals surface area contributed by atoms with Crippen molar-refractivity contribution >= 4 is 17.1 Å². The molecule has 0 aliphatic carbocycles. The summed E-state index contributed by atoms with van der Waals surface area (Å²) >= 11 is 0. The van der Waals surface area contributed by atoms with E-state index in [-0.39, 0.29) is 12.4 Å². The Bertz CT molecular complexity index is 743. The van der Waals surface area contributed by atoms with E-state index in [0.717, 1.165) is 22.2 Å². The van der Waals surface area contributed by atoms with E-state index in [4.69, 9.17) is 9.15 Å². The number of esters is 1. The van der Waals surface area contributed by atoms with E-state index in [1.807, 2.05) is 48.5 Å². The molecule has 0 N–H and O–H groups in total. The first-order valence-corrected chi connectivity index (χ1v) is 6.87. The normalized spacial score (nSPS) is 10.7. The van der Waals surface area contributed by atoms with Crippen LogP contribution in [0.2, 0.25) is 0 Å². The minimum atomic E-state index is -0.229. The number of carbonyl (C=O) groups excluding carboxylic acids is 1. The van der Waals surface area contributed by atoms with Crippen LogP contribution in [0.3, 0.4) is 0 Å². The summed E-state index contributed by atoms with van der Waals surface area (Å²) in [7, 11) is 0. The SMILES string of the molecule is CCOC(=O)Cc1cccc(-c2nc3ccccc3o2)c1. The van der Waals surface area contributed by atoms with Gasteiger partial charge in [-0.25, -0.2) is 4.98 Å². The van der Waals surface area contributed by atoms with Gasteiger partial charge in [0, 0.05) is 5.56 Å². The number of nitrogens with zero attached hydrogens (tertiary/aromatic N) is 1. The smallest absolute Gasteiger partial charge is 0.310 e. The lowest BCUT2D eigenvalue weighted by Crippen LogP contribution is -2.07. The number of carbonyl (C=O) groups is 1. The van der Waals surface area contributed by atoms with Crippen LogP contribution in [0.15, 0.2) is 52.9 Å². The number of oxazole rings is 1. The Kier molecular flexibility index (Phi) is 3.69. The highest BCUT2D eigenvalue weighted by Crippen LogP contribution is 2.24. The van der Waals surface area contributed by atoms with Crippen molar-refractivity contribution in [3.05, 3.63) is 54.1 Å². The Balaban J connectivity index is 1.90. The summed E-state index contributed by atoms with van der Waals surface area (Å²) in [5, 5.41) is 0. The summed E-state index contributed by atoms with van der Waals surface area (Å²) in [5.74, 6) is 0.328. The summed E-state index contributed by atoms with van der Waals surface area (Å²) < 4.78 is 10.7. The van der Waals surface area contributed by atoms with E-state index < -0.39 is 0 Å². The number of ether oxygens (including phenoxy) is 1. The molecule has 0 spiro atoms. The Morgan fingerprint density at radius 2 is 2.05 bits per heavy atom. The van der Waals surface area contributed by atoms with Crippen LogP contribution >= 0.6 is 0 Å². The second-order valence-corrected chi connectivity index (χ2v) is 4.67. The number of hydrogen-bond donors (Lipinski definition) is 0. The zero-order valence-electron chi connectivity index (χ0n) is 11.7. The predicted molar refractivity (Wildman–Crippen MR) is 79.8 cm³/mol. The molecule has 0 radical (unpaired) electrons. The van der Waals surface area contributed by atoms with Gasteiger partial charge in [-0.1, -0.05) is 24.3 Å². The van der Waals surface area contributed by atoms with Gasteiger partial charge in [-0.05, 0) is 36.8 Å². The summed E-state index contributed by atoms with van der Waals surface area (Å²) in [6, 6.07) is 15.2. The molecule has 4 heteroatoms. The Morgan fingerprint density at radius 3 is 2.86 bits per heavy atom. The topological polar surface area (TPSA) is 52.3 Å². The summed E-state index contributed by atoms with van der Waals surface area (Å²) in [4.78, 5) is 16.0. The number of hydrogen-bond acceptors (Lipinski definition) is 4. The van der Waals surface area contributed by atoms with Crippen LogP contribution in [0.1, 0.15) is 12.5 Å². The van der Waals surface area contributed by atoms with E-state index in [1.165, 1.54) is 0 Å². The Labute approximate surface area is 122 Å². The average Bonchev–Trinajstić information content (AvgIpc) is 2.91. The van der Waals surface area contributed by atoms with Crippen molar-refractivity contribution in [1.82, 2.24) is 4.98 Å². The molecule has 0 unspecified atom stereocenters. The fraction of sp³-hybridized carbons (Fsp3) is 0.176. The molecule has 0 amide bonds. The maximum absolute atomic E-state index is 11.5. The number of aromatic nitrogens is 1. The van der Waals surface area contributed by atoms with Crippen molar-refractivity contribution in [3.63, 3.8) is 0 Å². The van der Waals surface area contributed by atoms with Crippen LogP contribution < -0.4 is 0 Å². The maximum Gasteiger partial charge on any atom is 0.310 e. The van der Waals surface area contributed by atoms with Gasteiger partial charge in [-0.3, -0.25) is 4.79 Å². The van der Waals surface area contributed by atoms with Gasteiger partial charge in [0.2, 0.25) is 5.89 Å². The Hall–Kier alpha value is -2.62. The molecule has 0 aliphatic heterocycles. The number of benzene rings is 2. The third-order valence-corrected chi connectivity index (χ3v) is 3.12. The lowest BCUT2D eigenvalue weighted by molar-refractivity contribution is -0.142.